The summed E-state index contributed by atoms with van der Waals surface area (Å²) in [5, 5.41) is 6.78. The number of fused-ring (bicyclic) bond motifs is 1. The summed E-state index contributed by atoms with van der Waals surface area (Å²) in [5.41, 5.74) is 0.687. The average Bonchev–Trinajstić information content (AvgIpc) is 3.32. The molecule has 3 aromatic heterocycles. The largest absolute Gasteiger partial charge is 0.451 e. The second kappa shape index (κ2) is 5.93. The van der Waals surface area contributed by atoms with Gasteiger partial charge in [-0.25, -0.2) is 0 Å². The van der Waals surface area contributed by atoms with E-state index in [1.54, 1.807) is 13.1 Å². The van der Waals surface area contributed by atoms with Gasteiger partial charge in [-0.05, 0) is 23.6 Å². The van der Waals surface area contributed by atoms with Gasteiger partial charge in [0.05, 0.1) is 4.88 Å². The Hall–Kier alpha value is -2.93. The number of thiophene rings is 1. The van der Waals surface area contributed by atoms with Gasteiger partial charge in [-0.15, -0.1) is 11.3 Å². The number of carbonyl (C=O) groups excluding carboxylic acids is 1. The predicted molar refractivity (Wildman–Crippen MR) is 89.6 cm³/mol. The summed E-state index contributed by atoms with van der Waals surface area (Å²) in [6.45, 7) is 0.217. The average molecular weight is 339 g/mol. The third-order valence-corrected chi connectivity index (χ3v) is 4.43. The second-order valence-corrected chi connectivity index (χ2v) is 6.25. The molecule has 0 unspecified atom stereocenters. The number of amides is 1. The monoisotopic (exact) mass is 339 g/mol. The van der Waals surface area contributed by atoms with Crippen LogP contribution >= 0.6 is 11.3 Å². The smallest absolute Gasteiger partial charge is 0.289 e. The fourth-order valence-corrected chi connectivity index (χ4v) is 3.02. The van der Waals surface area contributed by atoms with E-state index in [9.17, 15) is 4.79 Å². The highest BCUT2D eigenvalue weighted by molar-refractivity contribution is 7.13. The number of hydrogen-bond donors (Lipinski definition) is 0. The van der Waals surface area contributed by atoms with E-state index >= 15 is 0 Å². The van der Waals surface area contributed by atoms with Gasteiger partial charge in [0.1, 0.15) is 12.1 Å². The minimum atomic E-state index is -0.234. The predicted octanol–water partition coefficient (Wildman–Crippen LogP) is 3.82. The molecule has 0 aliphatic rings. The Balaban J connectivity index is 1.51. The minimum absolute atomic E-state index is 0.217. The Kier molecular flexibility index (Phi) is 3.62. The van der Waals surface area contributed by atoms with Crippen LogP contribution in [0.15, 0.2) is 56.8 Å². The lowest BCUT2D eigenvalue weighted by Gasteiger charge is -2.12. The van der Waals surface area contributed by atoms with Crippen molar-refractivity contribution in [3.8, 4) is 10.7 Å². The zero-order chi connectivity index (χ0) is 16.5. The van der Waals surface area contributed by atoms with Gasteiger partial charge in [-0.3, -0.25) is 4.79 Å². The number of furan rings is 1. The third kappa shape index (κ3) is 2.69. The molecule has 0 aliphatic heterocycles. The van der Waals surface area contributed by atoms with Crippen LogP contribution in [0.5, 0.6) is 0 Å². The lowest BCUT2D eigenvalue weighted by Crippen LogP contribution is -2.25. The van der Waals surface area contributed by atoms with Gasteiger partial charge < -0.3 is 13.8 Å². The molecule has 0 aliphatic carbocycles. The lowest BCUT2D eigenvalue weighted by atomic mass is 10.2. The molecule has 1 amide bonds. The van der Waals surface area contributed by atoms with Gasteiger partial charge in [-0.2, -0.15) is 4.98 Å². The molecule has 0 spiro atoms. The van der Waals surface area contributed by atoms with Crippen LogP contribution < -0.4 is 0 Å². The minimum Gasteiger partial charge on any atom is -0.451 e. The van der Waals surface area contributed by atoms with Gasteiger partial charge >= 0.3 is 0 Å². The first-order chi connectivity index (χ1) is 11.7. The molecule has 3 heterocycles. The first-order valence-corrected chi connectivity index (χ1v) is 8.19. The van der Waals surface area contributed by atoms with E-state index in [4.69, 9.17) is 8.94 Å². The summed E-state index contributed by atoms with van der Waals surface area (Å²) in [6.07, 6.45) is 0. The molecule has 120 valence electrons. The Bertz CT molecular complexity index is 955. The van der Waals surface area contributed by atoms with E-state index in [0.29, 0.717) is 17.3 Å². The second-order valence-electron chi connectivity index (χ2n) is 5.30. The summed E-state index contributed by atoms with van der Waals surface area (Å²) in [5.74, 6) is 0.966. The molecule has 0 radical (unpaired) electrons. The van der Waals surface area contributed by atoms with Crippen molar-refractivity contribution in [2.75, 3.05) is 7.05 Å². The maximum atomic E-state index is 12.5. The van der Waals surface area contributed by atoms with Crippen LogP contribution in [0.3, 0.4) is 0 Å². The van der Waals surface area contributed by atoms with Crippen LogP contribution in [0.2, 0.25) is 0 Å². The van der Waals surface area contributed by atoms with E-state index < -0.39 is 0 Å². The standard InChI is InChI=1S/C17H13N3O3S/c1-20(10-15-18-16(19-23-15)14-7-4-8-24-14)17(21)13-9-11-5-2-3-6-12(11)22-13/h2-9H,10H2,1H3. The van der Waals surface area contributed by atoms with Crippen molar-refractivity contribution in [3.05, 3.63) is 59.5 Å². The summed E-state index contributed by atoms with van der Waals surface area (Å²) < 4.78 is 10.8. The van der Waals surface area contributed by atoms with Crippen LogP contribution in [0.1, 0.15) is 16.4 Å². The molecule has 0 saturated carbocycles. The van der Waals surface area contributed by atoms with E-state index in [1.165, 1.54) is 16.2 Å². The number of aromatic nitrogens is 2. The number of rotatable bonds is 4. The maximum absolute atomic E-state index is 12.5. The maximum Gasteiger partial charge on any atom is 0.289 e. The fraction of sp³-hybridized carbons (Fsp3) is 0.118. The number of benzene rings is 1. The Morgan fingerprint density at radius 1 is 1.25 bits per heavy atom. The molecular formula is C17H13N3O3S. The first kappa shape index (κ1) is 14.6. The van der Waals surface area contributed by atoms with Crippen molar-refractivity contribution in [1.82, 2.24) is 15.0 Å². The lowest BCUT2D eigenvalue weighted by molar-refractivity contribution is 0.0740. The van der Waals surface area contributed by atoms with Crippen LogP contribution in [0.4, 0.5) is 0 Å². The molecule has 24 heavy (non-hydrogen) atoms. The summed E-state index contributed by atoms with van der Waals surface area (Å²) in [6, 6.07) is 13.1. The Morgan fingerprint density at radius 3 is 2.92 bits per heavy atom. The number of para-hydroxylation sites is 1. The van der Waals surface area contributed by atoms with Crippen molar-refractivity contribution in [2.24, 2.45) is 0 Å². The highest BCUT2D eigenvalue weighted by Crippen LogP contribution is 2.22. The van der Waals surface area contributed by atoms with Crippen molar-refractivity contribution in [3.63, 3.8) is 0 Å². The third-order valence-electron chi connectivity index (χ3n) is 3.57. The van der Waals surface area contributed by atoms with Gasteiger partial charge in [0, 0.05) is 12.4 Å². The van der Waals surface area contributed by atoms with Crippen LogP contribution in [0, 0.1) is 0 Å². The fourth-order valence-electron chi connectivity index (χ4n) is 2.38. The van der Waals surface area contributed by atoms with Crippen molar-refractivity contribution in [1.29, 1.82) is 0 Å². The summed E-state index contributed by atoms with van der Waals surface area (Å²) >= 11 is 1.53. The van der Waals surface area contributed by atoms with Gasteiger partial charge in [-0.1, -0.05) is 29.4 Å². The normalized spacial score (nSPS) is 11.0. The molecule has 4 rings (SSSR count). The summed E-state index contributed by atoms with van der Waals surface area (Å²) in [7, 11) is 1.67. The molecule has 6 nitrogen and oxygen atoms in total. The molecular weight excluding hydrogens is 326 g/mol. The zero-order valence-corrected chi connectivity index (χ0v) is 13.6. The van der Waals surface area contributed by atoms with Crippen molar-refractivity contribution in [2.45, 2.75) is 6.54 Å². The Morgan fingerprint density at radius 2 is 2.12 bits per heavy atom. The van der Waals surface area contributed by atoms with E-state index in [2.05, 4.69) is 10.1 Å². The highest BCUT2D eigenvalue weighted by Gasteiger charge is 2.19. The summed E-state index contributed by atoms with van der Waals surface area (Å²) in [4.78, 5) is 19.2. The number of hydrogen-bond acceptors (Lipinski definition) is 6. The number of carbonyl (C=O) groups is 1. The van der Waals surface area contributed by atoms with E-state index in [0.717, 1.165) is 10.3 Å². The molecule has 0 fully saturated rings. The van der Waals surface area contributed by atoms with Crippen LogP contribution in [-0.4, -0.2) is 28.0 Å². The molecule has 0 bridgehead atoms. The zero-order valence-electron chi connectivity index (χ0n) is 12.8. The molecule has 4 aromatic rings. The van der Waals surface area contributed by atoms with Crippen LogP contribution in [0.25, 0.3) is 21.7 Å². The van der Waals surface area contributed by atoms with Crippen molar-refractivity contribution < 1.29 is 13.7 Å². The molecule has 0 N–H and O–H groups in total. The topological polar surface area (TPSA) is 72.4 Å². The SMILES string of the molecule is CN(Cc1nc(-c2cccs2)no1)C(=O)c1cc2ccccc2o1. The highest BCUT2D eigenvalue weighted by atomic mass is 32.1. The number of nitrogens with zero attached hydrogens (tertiary/aromatic N) is 3. The van der Waals surface area contributed by atoms with Gasteiger partial charge in [0.2, 0.25) is 11.7 Å². The van der Waals surface area contributed by atoms with Crippen molar-refractivity contribution >= 4 is 28.2 Å². The quantitative estimate of drug-likeness (QED) is 0.565. The van der Waals surface area contributed by atoms with Gasteiger partial charge in [0.25, 0.3) is 5.91 Å². The van der Waals surface area contributed by atoms with Gasteiger partial charge in [0.15, 0.2) is 5.76 Å². The molecule has 7 heteroatoms. The Labute approximate surface area is 141 Å². The van der Waals surface area contributed by atoms with E-state index in [-0.39, 0.29) is 18.2 Å². The molecule has 1 aromatic carbocycles. The van der Waals surface area contributed by atoms with Crippen LogP contribution in [-0.2, 0) is 6.54 Å². The van der Waals surface area contributed by atoms with E-state index in [1.807, 2.05) is 41.8 Å². The first-order valence-electron chi connectivity index (χ1n) is 7.31. The molecule has 0 saturated heterocycles. The molecule has 0 atom stereocenters.